The van der Waals surface area contributed by atoms with Gasteiger partial charge in [0.2, 0.25) is 0 Å². The number of pyridine rings is 1. The van der Waals surface area contributed by atoms with E-state index in [9.17, 15) is 5.11 Å². The summed E-state index contributed by atoms with van der Waals surface area (Å²) in [7, 11) is 0. The van der Waals surface area contributed by atoms with Gasteiger partial charge in [-0.3, -0.25) is 4.98 Å². The molecule has 0 bridgehead atoms. The number of para-hydroxylation sites is 1. The van der Waals surface area contributed by atoms with Crippen LogP contribution in [0.4, 0.5) is 0 Å². The van der Waals surface area contributed by atoms with Crippen LogP contribution in [0.25, 0.3) is 0 Å². The highest BCUT2D eigenvalue weighted by atomic mass is 79.9. The zero-order valence-corrected chi connectivity index (χ0v) is 12.6. The Balaban J connectivity index is 1.79. The average molecular weight is 334 g/mol. The van der Waals surface area contributed by atoms with E-state index in [0.717, 1.165) is 22.2 Å². The topological polar surface area (TPSA) is 42.4 Å². The van der Waals surface area contributed by atoms with E-state index in [4.69, 9.17) is 4.74 Å². The van der Waals surface area contributed by atoms with Crippen molar-refractivity contribution in [3.63, 3.8) is 0 Å². The molecule has 0 saturated heterocycles. The zero-order valence-electron chi connectivity index (χ0n) is 11.0. The highest BCUT2D eigenvalue weighted by Crippen LogP contribution is 2.38. The number of nitrogens with zero attached hydrogens (tertiary/aromatic N) is 1. The van der Waals surface area contributed by atoms with Gasteiger partial charge in [-0.25, -0.2) is 0 Å². The Morgan fingerprint density at radius 1 is 1.35 bits per heavy atom. The molecule has 2 aromatic rings. The smallest absolute Gasteiger partial charge is 0.122 e. The number of ether oxygens (including phenoxy) is 1. The van der Waals surface area contributed by atoms with Crippen molar-refractivity contribution >= 4 is 15.9 Å². The number of aliphatic hydroxyl groups is 1. The van der Waals surface area contributed by atoms with Gasteiger partial charge >= 0.3 is 0 Å². The van der Waals surface area contributed by atoms with Crippen LogP contribution in [0.2, 0.25) is 0 Å². The molecular formula is C16H16BrNO2. The predicted molar refractivity (Wildman–Crippen MR) is 80.8 cm³/mol. The maximum Gasteiger partial charge on any atom is 0.122 e. The third-order valence-corrected chi connectivity index (χ3v) is 4.13. The molecule has 1 aliphatic heterocycles. The Hall–Kier alpha value is -1.39. The zero-order chi connectivity index (χ0) is 13.9. The maximum atomic E-state index is 10.4. The van der Waals surface area contributed by atoms with E-state index >= 15 is 0 Å². The number of benzene rings is 1. The van der Waals surface area contributed by atoms with Crippen molar-refractivity contribution in [3.8, 4) is 5.75 Å². The Labute approximate surface area is 126 Å². The summed E-state index contributed by atoms with van der Waals surface area (Å²) >= 11 is 3.39. The van der Waals surface area contributed by atoms with Crippen LogP contribution < -0.4 is 4.74 Å². The minimum atomic E-state index is -0.504. The van der Waals surface area contributed by atoms with Gasteiger partial charge in [-0.2, -0.15) is 0 Å². The van der Waals surface area contributed by atoms with Crippen LogP contribution in [-0.2, 0) is 0 Å². The lowest BCUT2D eigenvalue weighted by Crippen LogP contribution is -2.16. The highest BCUT2D eigenvalue weighted by Gasteiger charge is 2.24. The van der Waals surface area contributed by atoms with Crippen LogP contribution >= 0.6 is 15.9 Å². The van der Waals surface area contributed by atoms with E-state index in [-0.39, 0.29) is 0 Å². The third kappa shape index (κ3) is 2.86. The lowest BCUT2D eigenvalue weighted by molar-refractivity contribution is 0.144. The fourth-order valence-corrected chi connectivity index (χ4v) is 3.06. The average Bonchev–Trinajstić information content (AvgIpc) is 2.47. The van der Waals surface area contributed by atoms with Crippen LogP contribution in [0.5, 0.6) is 5.75 Å². The Kier molecular flexibility index (Phi) is 4.03. The molecule has 1 aliphatic rings. The van der Waals surface area contributed by atoms with Crippen molar-refractivity contribution in [3.05, 3.63) is 58.3 Å². The first kappa shape index (κ1) is 13.6. The normalized spacial score (nSPS) is 19.0. The van der Waals surface area contributed by atoms with Crippen LogP contribution in [-0.4, -0.2) is 16.7 Å². The van der Waals surface area contributed by atoms with Gasteiger partial charge < -0.3 is 9.84 Å². The van der Waals surface area contributed by atoms with E-state index in [2.05, 4.69) is 27.0 Å². The summed E-state index contributed by atoms with van der Waals surface area (Å²) in [5.41, 5.74) is 2.05. The fourth-order valence-electron chi connectivity index (χ4n) is 2.68. The van der Waals surface area contributed by atoms with Crippen molar-refractivity contribution in [1.29, 1.82) is 0 Å². The number of hydrogen-bond acceptors (Lipinski definition) is 3. The van der Waals surface area contributed by atoms with Gasteiger partial charge in [0.05, 0.1) is 12.7 Å². The monoisotopic (exact) mass is 333 g/mol. The van der Waals surface area contributed by atoms with Gasteiger partial charge in [-0.05, 0) is 57.9 Å². The summed E-state index contributed by atoms with van der Waals surface area (Å²) in [4.78, 5) is 4.11. The molecule has 1 N–H and O–H groups in total. The third-order valence-electron chi connectivity index (χ3n) is 3.70. The minimum absolute atomic E-state index is 0.328. The fraction of sp³-hybridized carbons (Fsp3) is 0.312. The lowest BCUT2D eigenvalue weighted by atomic mass is 9.87. The first-order valence-electron chi connectivity index (χ1n) is 6.74. The van der Waals surface area contributed by atoms with Crippen molar-refractivity contribution < 1.29 is 9.84 Å². The van der Waals surface area contributed by atoms with Crippen molar-refractivity contribution in [2.45, 2.75) is 24.9 Å². The molecule has 0 fully saturated rings. The molecule has 3 nitrogen and oxygen atoms in total. The maximum absolute atomic E-state index is 10.4. The molecule has 20 heavy (non-hydrogen) atoms. The van der Waals surface area contributed by atoms with E-state index in [1.54, 1.807) is 12.4 Å². The summed E-state index contributed by atoms with van der Waals surface area (Å²) in [6.07, 6.45) is 4.57. The molecule has 0 radical (unpaired) electrons. The standard InChI is InChI=1S/C16H16BrNO2/c17-13-7-12(9-18-10-13)15(19)8-11-5-6-20-16-4-2-1-3-14(11)16/h1-4,7,9-11,15,19H,5-6,8H2. The molecule has 2 atom stereocenters. The molecular weight excluding hydrogens is 318 g/mol. The second kappa shape index (κ2) is 5.94. The first-order chi connectivity index (χ1) is 9.74. The molecule has 104 valence electrons. The summed E-state index contributed by atoms with van der Waals surface area (Å²) in [5.74, 6) is 1.28. The number of hydrogen-bond donors (Lipinski definition) is 1. The Bertz CT molecular complexity index is 603. The molecule has 3 rings (SSSR count). The second-order valence-corrected chi connectivity index (χ2v) is 5.98. The van der Waals surface area contributed by atoms with E-state index in [1.807, 2.05) is 24.3 Å². The Morgan fingerprint density at radius 2 is 2.20 bits per heavy atom. The van der Waals surface area contributed by atoms with E-state index in [0.29, 0.717) is 18.9 Å². The molecule has 2 unspecified atom stereocenters. The van der Waals surface area contributed by atoms with Crippen molar-refractivity contribution in [2.24, 2.45) is 0 Å². The van der Waals surface area contributed by atoms with E-state index in [1.165, 1.54) is 5.56 Å². The molecule has 0 saturated carbocycles. The predicted octanol–water partition coefficient (Wildman–Crippen LogP) is 3.83. The molecule has 0 spiro atoms. The van der Waals surface area contributed by atoms with Crippen molar-refractivity contribution in [1.82, 2.24) is 4.98 Å². The molecule has 0 aliphatic carbocycles. The van der Waals surface area contributed by atoms with Gasteiger partial charge in [0.25, 0.3) is 0 Å². The van der Waals surface area contributed by atoms with E-state index < -0.39 is 6.10 Å². The van der Waals surface area contributed by atoms with Gasteiger partial charge in [0.1, 0.15) is 5.75 Å². The summed E-state index contributed by atoms with van der Waals surface area (Å²) in [6, 6.07) is 10.0. The minimum Gasteiger partial charge on any atom is -0.493 e. The number of halogens is 1. The van der Waals surface area contributed by atoms with Crippen LogP contribution in [0.3, 0.4) is 0 Å². The highest BCUT2D eigenvalue weighted by molar-refractivity contribution is 9.10. The summed E-state index contributed by atoms with van der Waals surface area (Å²) in [5, 5.41) is 10.4. The second-order valence-electron chi connectivity index (χ2n) is 5.06. The Morgan fingerprint density at radius 3 is 3.05 bits per heavy atom. The van der Waals surface area contributed by atoms with Gasteiger partial charge in [0, 0.05) is 16.9 Å². The molecule has 2 heterocycles. The van der Waals surface area contributed by atoms with Gasteiger partial charge in [-0.1, -0.05) is 18.2 Å². The van der Waals surface area contributed by atoms with Crippen molar-refractivity contribution in [2.75, 3.05) is 6.61 Å². The summed E-state index contributed by atoms with van der Waals surface area (Å²) < 4.78 is 6.55. The number of aliphatic hydroxyl groups excluding tert-OH is 1. The molecule has 1 aromatic carbocycles. The summed E-state index contributed by atoms with van der Waals surface area (Å²) in [6.45, 7) is 0.713. The van der Waals surface area contributed by atoms with Crippen LogP contribution in [0.1, 0.15) is 36.0 Å². The largest absolute Gasteiger partial charge is 0.493 e. The first-order valence-corrected chi connectivity index (χ1v) is 7.53. The quantitative estimate of drug-likeness (QED) is 0.928. The van der Waals surface area contributed by atoms with Gasteiger partial charge in [-0.15, -0.1) is 0 Å². The van der Waals surface area contributed by atoms with Crippen LogP contribution in [0, 0.1) is 0 Å². The molecule has 4 heteroatoms. The molecule has 1 aromatic heterocycles. The molecule has 0 amide bonds. The lowest BCUT2D eigenvalue weighted by Gasteiger charge is -2.27. The van der Waals surface area contributed by atoms with Gasteiger partial charge in [0.15, 0.2) is 0 Å². The number of fused-ring (bicyclic) bond motifs is 1. The van der Waals surface area contributed by atoms with Crippen LogP contribution in [0.15, 0.2) is 47.2 Å². The SMILES string of the molecule is OC(CC1CCOc2ccccc21)c1cncc(Br)c1. The number of rotatable bonds is 3. The number of aromatic nitrogens is 1.